The molecule has 0 aromatic heterocycles. The molecule has 31 heavy (non-hydrogen) atoms. The maximum atomic E-state index is 10.7. The molecule has 8 heteroatoms. The van der Waals surface area contributed by atoms with Crippen molar-refractivity contribution in [1.29, 1.82) is 0 Å². The number of phenolic OH excluding ortho intramolecular Hbond substituents is 2. The number of hydrogen-bond acceptors (Lipinski definition) is 5. The second kappa shape index (κ2) is 17.0. The molecule has 2 radical (unpaired) electrons. The van der Waals surface area contributed by atoms with Gasteiger partial charge in [0.1, 0.15) is 11.5 Å². The van der Waals surface area contributed by atoms with Gasteiger partial charge in [0.15, 0.2) is 12.6 Å². The van der Waals surface area contributed by atoms with E-state index in [0.29, 0.717) is 23.7 Å². The van der Waals surface area contributed by atoms with E-state index in [9.17, 15) is 19.8 Å². The molecule has 0 spiro atoms. The van der Waals surface area contributed by atoms with Gasteiger partial charge in [0.2, 0.25) is 0 Å². The summed E-state index contributed by atoms with van der Waals surface area (Å²) in [7, 11) is 1.00. The Morgan fingerprint density at radius 1 is 0.484 bits per heavy atom. The summed E-state index contributed by atoms with van der Waals surface area (Å²) in [6.07, 6.45) is 1.42. The molecule has 2 aromatic rings. The Hall–Kier alpha value is -0.492. The summed E-state index contributed by atoms with van der Waals surface area (Å²) in [5, 5.41) is 26.3. The van der Waals surface area contributed by atoms with Crippen molar-refractivity contribution in [3.8, 4) is 11.5 Å². The van der Waals surface area contributed by atoms with Crippen LogP contribution in [0.4, 0.5) is 0 Å². The largest absolute Gasteiger partial charge is 0.507 e. The zero-order chi connectivity index (χ0) is 22.3. The number of aromatic hydroxyl groups is 2. The van der Waals surface area contributed by atoms with Crippen LogP contribution in [0, 0.1) is 55.4 Å². The molecule has 0 heterocycles. The quantitative estimate of drug-likeness (QED) is 0.465. The molecule has 0 saturated heterocycles. The number of carbonyl (C=O) groups is 2. The van der Waals surface area contributed by atoms with Crippen LogP contribution in [0.15, 0.2) is 0 Å². The molecule has 2 rings (SSSR count). The van der Waals surface area contributed by atoms with E-state index >= 15 is 0 Å². The molecule has 0 amide bonds. The minimum Gasteiger partial charge on any atom is -0.507 e. The van der Waals surface area contributed by atoms with Crippen molar-refractivity contribution in [2.24, 2.45) is 0 Å². The van der Waals surface area contributed by atoms with Crippen LogP contribution in [-0.2, 0) is 65.4 Å². The molecule has 5 N–H and O–H groups in total. The molecule has 0 unspecified atom stereocenters. The Bertz CT molecular complexity index is 761. The van der Waals surface area contributed by atoms with Crippen molar-refractivity contribution in [3.05, 3.63) is 55.6 Å². The van der Waals surface area contributed by atoms with Crippen molar-refractivity contribution >= 4 is 12.6 Å². The Balaban J connectivity index is -0.000000200. The first-order chi connectivity index (χ1) is 13.0. The monoisotopic (exact) mass is 584 g/mol. The first-order valence-electron chi connectivity index (χ1n) is 8.94. The maximum Gasteiger partial charge on any atom is 0.154 e. The zero-order valence-corrected chi connectivity index (χ0v) is 25.6. The second-order valence-corrected chi connectivity index (χ2v) is 6.76. The summed E-state index contributed by atoms with van der Waals surface area (Å²) in [6.45, 7) is 15.2. The van der Waals surface area contributed by atoms with E-state index in [2.05, 4.69) is 0 Å². The van der Waals surface area contributed by atoms with Crippen molar-refractivity contribution in [2.75, 3.05) is 7.11 Å². The number of benzene rings is 2. The van der Waals surface area contributed by atoms with E-state index in [1.54, 1.807) is 0 Å². The van der Waals surface area contributed by atoms with Gasteiger partial charge in [-0.2, -0.15) is 0 Å². The third-order valence-electron chi connectivity index (χ3n) is 5.64. The summed E-state index contributed by atoms with van der Waals surface area (Å²) in [6, 6.07) is 0. The van der Waals surface area contributed by atoms with Gasteiger partial charge in [-0.25, -0.2) is 0 Å². The summed E-state index contributed by atoms with van der Waals surface area (Å²) in [5.41, 5.74) is 8.44. The summed E-state index contributed by atoms with van der Waals surface area (Å²) in [5.74, 6) is 0.242. The Labute approximate surface area is 235 Å². The standard InChI is InChI=1S/2C11H14O2.CH4O.H2O.2Y/c2*1-6-7(2)9(4)11(13)10(5-12)8(6)3;1-2;;;/h2*5,13H,1-4H3;2H,1H3;1H2;;. The molecule has 0 atom stereocenters. The summed E-state index contributed by atoms with van der Waals surface area (Å²) < 4.78 is 0. The maximum absolute atomic E-state index is 10.7. The van der Waals surface area contributed by atoms with Crippen LogP contribution >= 0.6 is 0 Å². The van der Waals surface area contributed by atoms with Gasteiger partial charge in [-0.3, -0.25) is 9.59 Å². The van der Waals surface area contributed by atoms with Gasteiger partial charge in [-0.05, 0) is 99.9 Å². The summed E-state index contributed by atoms with van der Waals surface area (Å²) in [4.78, 5) is 21.4. The van der Waals surface area contributed by atoms with E-state index in [4.69, 9.17) is 5.11 Å². The molecular formula is C23H34O6Y2. The normalized spacial score (nSPS) is 8.71. The van der Waals surface area contributed by atoms with E-state index in [-0.39, 0.29) is 82.4 Å². The summed E-state index contributed by atoms with van der Waals surface area (Å²) >= 11 is 0. The van der Waals surface area contributed by atoms with Crippen molar-refractivity contribution in [3.63, 3.8) is 0 Å². The Kier molecular flexibility index (Phi) is 20.8. The smallest absolute Gasteiger partial charge is 0.154 e. The second-order valence-electron chi connectivity index (χ2n) is 6.76. The van der Waals surface area contributed by atoms with Crippen LogP contribution in [0.2, 0.25) is 0 Å². The van der Waals surface area contributed by atoms with Crippen LogP contribution in [-0.4, -0.2) is 40.5 Å². The zero-order valence-electron chi connectivity index (χ0n) is 20.0. The predicted molar refractivity (Wildman–Crippen MR) is 117 cm³/mol. The molecule has 168 valence electrons. The number of aliphatic hydroxyl groups is 1. The van der Waals surface area contributed by atoms with Crippen LogP contribution in [0.1, 0.15) is 65.2 Å². The molecule has 2 aromatic carbocycles. The number of hydrogen-bond donors (Lipinski definition) is 3. The Morgan fingerprint density at radius 2 is 0.677 bits per heavy atom. The molecule has 0 aliphatic carbocycles. The van der Waals surface area contributed by atoms with Crippen molar-refractivity contribution in [2.45, 2.75) is 55.4 Å². The Morgan fingerprint density at radius 3 is 0.871 bits per heavy atom. The SMILES string of the molecule is CO.Cc1c(C)c(C)c(C=O)c(O)c1C.Cc1c(C)c(C)c(C=O)c(O)c1C.O.[Y].[Y]. The van der Waals surface area contributed by atoms with Crippen LogP contribution in [0.25, 0.3) is 0 Å². The van der Waals surface area contributed by atoms with Crippen LogP contribution in [0.5, 0.6) is 11.5 Å². The first kappa shape index (κ1) is 37.8. The van der Waals surface area contributed by atoms with Gasteiger partial charge in [0.05, 0.1) is 11.1 Å². The minimum atomic E-state index is 0. The van der Waals surface area contributed by atoms with Crippen LogP contribution < -0.4 is 0 Å². The fourth-order valence-electron chi connectivity index (χ4n) is 2.93. The first-order valence-corrected chi connectivity index (χ1v) is 8.94. The predicted octanol–water partition coefficient (Wildman–Crippen LogP) is 3.66. The molecular weight excluding hydrogens is 550 g/mol. The van der Waals surface area contributed by atoms with E-state index in [0.717, 1.165) is 51.6 Å². The van der Waals surface area contributed by atoms with Gasteiger partial charge >= 0.3 is 0 Å². The van der Waals surface area contributed by atoms with E-state index < -0.39 is 0 Å². The average Bonchev–Trinajstić information content (AvgIpc) is 2.70. The minimum absolute atomic E-state index is 0. The number of rotatable bonds is 2. The van der Waals surface area contributed by atoms with Gasteiger partial charge in [-0.15, -0.1) is 0 Å². The van der Waals surface area contributed by atoms with Crippen molar-refractivity contribution in [1.82, 2.24) is 0 Å². The van der Waals surface area contributed by atoms with Gasteiger partial charge in [0.25, 0.3) is 0 Å². The number of phenols is 2. The van der Waals surface area contributed by atoms with Gasteiger partial charge < -0.3 is 20.8 Å². The third kappa shape index (κ3) is 8.42. The number of carbonyl (C=O) groups excluding carboxylic acids is 2. The van der Waals surface area contributed by atoms with Gasteiger partial charge in [-0.1, -0.05) is 0 Å². The number of aliphatic hydroxyl groups excluding tert-OH is 1. The molecule has 0 fully saturated rings. The molecule has 0 aliphatic rings. The molecule has 0 aliphatic heterocycles. The fraction of sp³-hybridized carbons (Fsp3) is 0.391. The number of aldehydes is 2. The fourth-order valence-corrected chi connectivity index (χ4v) is 2.93. The molecule has 6 nitrogen and oxygen atoms in total. The average molecular weight is 584 g/mol. The third-order valence-corrected chi connectivity index (χ3v) is 5.64. The van der Waals surface area contributed by atoms with E-state index in [1.165, 1.54) is 0 Å². The van der Waals surface area contributed by atoms with Gasteiger partial charge in [0, 0.05) is 72.5 Å². The van der Waals surface area contributed by atoms with E-state index in [1.807, 2.05) is 55.4 Å². The van der Waals surface area contributed by atoms with Crippen molar-refractivity contribution < 1.29 is 95.8 Å². The topological polar surface area (TPSA) is 126 Å². The van der Waals surface area contributed by atoms with Crippen LogP contribution in [0.3, 0.4) is 0 Å². The molecule has 0 saturated carbocycles. The molecule has 0 bridgehead atoms.